The van der Waals surface area contributed by atoms with E-state index in [-0.39, 0.29) is 29.4 Å². The van der Waals surface area contributed by atoms with E-state index >= 15 is 0 Å². The van der Waals surface area contributed by atoms with E-state index in [1.807, 2.05) is 18.5 Å². The van der Waals surface area contributed by atoms with Gasteiger partial charge in [-0.15, -0.1) is 34.2 Å². The van der Waals surface area contributed by atoms with Gasteiger partial charge < -0.3 is 19.5 Å². The summed E-state index contributed by atoms with van der Waals surface area (Å²) in [6, 6.07) is 8.93. The van der Waals surface area contributed by atoms with E-state index in [0.717, 1.165) is 63.5 Å². The van der Waals surface area contributed by atoms with Crippen molar-refractivity contribution in [3.05, 3.63) is 41.5 Å². The first kappa shape index (κ1) is 24.4. The van der Waals surface area contributed by atoms with Crippen LogP contribution in [-0.4, -0.2) is 71.6 Å². The fourth-order valence-electron chi connectivity index (χ4n) is 5.42. The fraction of sp³-hybridized carbons (Fsp3) is 0.625. The van der Waals surface area contributed by atoms with Crippen molar-refractivity contribution in [1.29, 1.82) is 0 Å². The maximum Gasteiger partial charge on any atom is 0.199 e. The normalized spacial score (nSPS) is 20.2. The molecule has 3 heterocycles. The summed E-state index contributed by atoms with van der Waals surface area (Å²) in [6.45, 7) is 9.01. The quantitative estimate of drug-likeness (QED) is 0.342. The molecule has 9 heteroatoms. The summed E-state index contributed by atoms with van der Waals surface area (Å²) in [5.74, 6) is 2.75. The van der Waals surface area contributed by atoms with Crippen LogP contribution in [0.1, 0.15) is 42.9 Å². The number of para-hydroxylation sites is 1. The number of aromatic nitrogens is 3. The number of anilines is 1. The van der Waals surface area contributed by atoms with Crippen molar-refractivity contribution in [1.82, 2.24) is 25.0 Å². The van der Waals surface area contributed by atoms with Gasteiger partial charge in [-0.1, -0.05) is 31.0 Å². The van der Waals surface area contributed by atoms with E-state index in [1.54, 1.807) is 0 Å². The van der Waals surface area contributed by atoms with Crippen molar-refractivity contribution in [2.24, 2.45) is 12.0 Å². The Balaban J connectivity index is 0.00000259. The lowest BCUT2D eigenvalue weighted by atomic mass is 9.81. The molecule has 0 amide bonds. The standard InChI is InChI=1S/C24H35N7O.HI/c1-19-27-28-22(29(19)2)17-26-23(25-11-12-30-13-15-32-16-14-30)31-18-24(9-5-6-10-24)20-7-3-4-8-21(20)31;/h3-4,7-8H,5-6,9-18H2,1-2H3,(H,25,26);1H. The highest BCUT2D eigenvalue weighted by molar-refractivity contribution is 14.0. The summed E-state index contributed by atoms with van der Waals surface area (Å²) >= 11 is 0. The summed E-state index contributed by atoms with van der Waals surface area (Å²) in [4.78, 5) is 9.93. The van der Waals surface area contributed by atoms with Gasteiger partial charge in [-0.3, -0.25) is 4.90 Å². The summed E-state index contributed by atoms with van der Waals surface area (Å²) < 4.78 is 7.51. The van der Waals surface area contributed by atoms with Crippen LogP contribution in [0.5, 0.6) is 0 Å². The zero-order chi connectivity index (χ0) is 22.0. The van der Waals surface area contributed by atoms with Gasteiger partial charge in [0.05, 0.1) is 13.2 Å². The van der Waals surface area contributed by atoms with Gasteiger partial charge in [0.2, 0.25) is 0 Å². The van der Waals surface area contributed by atoms with Crippen LogP contribution in [0.25, 0.3) is 0 Å². The van der Waals surface area contributed by atoms with E-state index < -0.39 is 0 Å². The Bertz CT molecular complexity index is 963. The smallest absolute Gasteiger partial charge is 0.199 e. The maximum absolute atomic E-state index is 5.49. The predicted octanol–water partition coefficient (Wildman–Crippen LogP) is 2.85. The topological polar surface area (TPSA) is 70.8 Å². The minimum Gasteiger partial charge on any atom is -0.379 e. The molecular weight excluding hydrogens is 529 g/mol. The van der Waals surface area contributed by atoms with Crippen LogP contribution in [0.4, 0.5) is 5.69 Å². The van der Waals surface area contributed by atoms with Crippen LogP contribution < -0.4 is 10.2 Å². The van der Waals surface area contributed by atoms with Crippen LogP contribution in [0.3, 0.4) is 0 Å². The van der Waals surface area contributed by atoms with Crippen molar-refractivity contribution >= 4 is 35.6 Å². The lowest BCUT2D eigenvalue weighted by Crippen LogP contribution is -2.47. The molecule has 2 aliphatic heterocycles. The summed E-state index contributed by atoms with van der Waals surface area (Å²) in [6.07, 6.45) is 5.17. The number of benzene rings is 1. The van der Waals surface area contributed by atoms with Crippen molar-refractivity contribution in [3.63, 3.8) is 0 Å². The van der Waals surface area contributed by atoms with Crippen molar-refractivity contribution in [2.75, 3.05) is 50.8 Å². The van der Waals surface area contributed by atoms with E-state index in [1.165, 1.54) is 36.9 Å². The van der Waals surface area contributed by atoms with Crippen LogP contribution >= 0.6 is 24.0 Å². The predicted molar refractivity (Wildman–Crippen MR) is 141 cm³/mol. The molecule has 8 nitrogen and oxygen atoms in total. The van der Waals surface area contributed by atoms with Crippen LogP contribution in [-0.2, 0) is 23.7 Å². The molecule has 5 rings (SSSR count). The molecule has 1 saturated heterocycles. The number of hydrogen-bond acceptors (Lipinski definition) is 5. The average molecular weight is 566 g/mol. The molecule has 1 spiro atoms. The largest absolute Gasteiger partial charge is 0.379 e. The van der Waals surface area contributed by atoms with Gasteiger partial charge in [-0.2, -0.15) is 0 Å². The average Bonchev–Trinajstić information content (AvgIpc) is 3.52. The molecular formula is C24H36IN7O. The number of morpholine rings is 1. The Morgan fingerprint density at radius 3 is 2.64 bits per heavy atom. The summed E-state index contributed by atoms with van der Waals surface area (Å²) in [5.41, 5.74) is 3.07. The first-order valence-electron chi connectivity index (χ1n) is 12.0. The zero-order valence-electron chi connectivity index (χ0n) is 19.8. The van der Waals surface area contributed by atoms with E-state index in [0.29, 0.717) is 6.54 Å². The van der Waals surface area contributed by atoms with Crippen molar-refractivity contribution < 1.29 is 4.74 Å². The van der Waals surface area contributed by atoms with Gasteiger partial charge in [0.15, 0.2) is 11.8 Å². The second kappa shape index (κ2) is 10.7. The van der Waals surface area contributed by atoms with Gasteiger partial charge in [0.1, 0.15) is 12.4 Å². The van der Waals surface area contributed by atoms with Gasteiger partial charge >= 0.3 is 0 Å². The second-order valence-corrected chi connectivity index (χ2v) is 9.33. The third-order valence-electron chi connectivity index (χ3n) is 7.41. The SMILES string of the molecule is Cc1nnc(CN=C(NCCN2CCOCC2)N2CC3(CCCC3)c3ccccc32)n1C.I. The zero-order valence-corrected chi connectivity index (χ0v) is 22.1. The molecule has 3 aliphatic rings. The van der Waals surface area contributed by atoms with Gasteiger partial charge in [-0.05, 0) is 31.4 Å². The summed E-state index contributed by atoms with van der Waals surface area (Å²) in [5, 5.41) is 12.2. The molecule has 0 unspecified atom stereocenters. The molecule has 180 valence electrons. The van der Waals surface area contributed by atoms with E-state index in [2.05, 4.69) is 49.6 Å². The highest BCUT2D eigenvalue weighted by Crippen LogP contribution is 2.50. The fourth-order valence-corrected chi connectivity index (χ4v) is 5.42. The molecule has 2 aromatic rings. The molecule has 1 aromatic heterocycles. The monoisotopic (exact) mass is 565 g/mol. The Hall–Kier alpha value is -1.72. The molecule has 1 saturated carbocycles. The number of ether oxygens (including phenoxy) is 1. The minimum atomic E-state index is 0. The number of rotatable bonds is 5. The Kier molecular flexibility index (Phi) is 7.91. The summed E-state index contributed by atoms with van der Waals surface area (Å²) in [7, 11) is 2.00. The van der Waals surface area contributed by atoms with E-state index in [4.69, 9.17) is 9.73 Å². The number of nitrogens with zero attached hydrogens (tertiary/aromatic N) is 6. The van der Waals surface area contributed by atoms with Crippen LogP contribution in [0.2, 0.25) is 0 Å². The number of guanidine groups is 1. The number of nitrogens with one attached hydrogen (secondary N) is 1. The molecule has 1 N–H and O–H groups in total. The lowest BCUT2D eigenvalue weighted by Gasteiger charge is -2.29. The lowest BCUT2D eigenvalue weighted by molar-refractivity contribution is 0.0389. The van der Waals surface area contributed by atoms with Gasteiger partial charge in [0, 0.05) is 50.9 Å². The highest BCUT2D eigenvalue weighted by atomic mass is 127. The van der Waals surface area contributed by atoms with Gasteiger partial charge in [-0.25, -0.2) is 4.99 Å². The molecule has 1 aromatic carbocycles. The molecule has 0 bridgehead atoms. The third kappa shape index (κ3) is 5.05. The van der Waals surface area contributed by atoms with Gasteiger partial charge in [0.25, 0.3) is 0 Å². The molecule has 0 atom stereocenters. The highest BCUT2D eigenvalue weighted by Gasteiger charge is 2.45. The van der Waals surface area contributed by atoms with Crippen LogP contribution in [0.15, 0.2) is 29.3 Å². The number of aliphatic imine (C=N–C) groups is 1. The molecule has 1 aliphatic carbocycles. The maximum atomic E-state index is 5.49. The Labute approximate surface area is 213 Å². The molecule has 0 radical (unpaired) electrons. The van der Waals surface area contributed by atoms with Crippen molar-refractivity contribution in [3.8, 4) is 0 Å². The minimum absolute atomic E-state index is 0. The first-order valence-corrected chi connectivity index (χ1v) is 12.0. The molecule has 33 heavy (non-hydrogen) atoms. The Morgan fingerprint density at radius 2 is 1.91 bits per heavy atom. The molecule has 2 fully saturated rings. The second-order valence-electron chi connectivity index (χ2n) is 9.33. The van der Waals surface area contributed by atoms with Crippen LogP contribution in [0, 0.1) is 6.92 Å². The number of fused-ring (bicyclic) bond motifs is 2. The third-order valence-corrected chi connectivity index (χ3v) is 7.41. The van der Waals surface area contributed by atoms with E-state index in [9.17, 15) is 0 Å². The first-order chi connectivity index (χ1) is 15.7. The Morgan fingerprint density at radius 1 is 1.15 bits per heavy atom. The number of halogens is 1. The van der Waals surface area contributed by atoms with Crippen molar-refractivity contribution in [2.45, 2.75) is 44.6 Å². The number of aryl methyl sites for hydroxylation is 1. The number of hydrogen-bond donors (Lipinski definition) is 1.